The molecule has 1 aliphatic rings. The van der Waals surface area contributed by atoms with Crippen molar-refractivity contribution in [1.29, 1.82) is 0 Å². The zero-order chi connectivity index (χ0) is 19.7. The van der Waals surface area contributed by atoms with E-state index in [4.69, 9.17) is 9.15 Å². The van der Waals surface area contributed by atoms with Crippen molar-refractivity contribution in [2.75, 3.05) is 30.3 Å². The van der Waals surface area contributed by atoms with E-state index in [1.165, 1.54) is 11.4 Å². The van der Waals surface area contributed by atoms with Crippen LogP contribution in [0.2, 0.25) is 0 Å². The summed E-state index contributed by atoms with van der Waals surface area (Å²) >= 11 is 0. The highest BCUT2D eigenvalue weighted by Gasteiger charge is 2.28. The van der Waals surface area contributed by atoms with Gasteiger partial charge in [0.15, 0.2) is 17.1 Å². The molecule has 1 amide bonds. The van der Waals surface area contributed by atoms with Crippen molar-refractivity contribution in [3.8, 4) is 5.75 Å². The predicted molar refractivity (Wildman–Crippen MR) is 106 cm³/mol. The molecule has 0 spiro atoms. The Bertz CT molecular complexity index is 1140. The minimum absolute atomic E-state index is 0.00594. The Balaban J connectivity index is 1.42. The number of hydrogen-bond donors (Lipinski definition) is 1. The van der Waals surface area contributed by atoms with Gasteiger partial charge >= 0.3 is 0 Å². The van der Waals surface area contributed by atoms with Crippen molar-refractivity contribution < 1.29 is 22.4 Å². The lowest BCUT2D eigenvalue weighted by atomic mass is 10.2. The molecule has 0 radical (unpaired) electrons. The van der Waals surface area contributed by atoms with Crippen LogP contribution in [0.1, 0.15) is 16.1 Å². The molecule has 0 atom stereocenters. The Hall–Kier alpha value is -3.00. The molecule has 0 aliphatic carbocycles. The highest BCUT2D eigenvalue weighted by atomic mass is 32.2. The third kappa shape index (κ3) is 3.31. The van der Waals surface area contributed by atoms with Crippen molar-refractivity contribution in [2.24, 2.45) is 0 Å². The Morgan fingerprint density at radius 3 is 2.86 bits per heavy atom. The second-order valence-electron chi connectivity index (χ2n) is 6.51. The van der Waals surface area contributed by atoms with E-state index >= 15 is 0 Å². The van der Waals surface area contributed by atoms with Gasteiger partial charge in [-0.1, -0.05) is 30.3 Å². The number of carbonyl (C=O) groups excluding carboxylic acids is 1. The van der Waals surface area contributed by atoms with Crippen molar-refractivity contribution in [3.63, 3.8) is 0 Å². The molecule has 28 heavy (non-hydrogen) atoms. The summed E-state index contributed by atoms with van der Waals surface area (Å²) in [7, 11) is -1.99. The number of ether oxygens (including phenoxy) is 1. The van der Waals surface area contributed by atoms with E-state index in [1.807, 2.05) is 24.3 Å². The molecule has 3 aromatic rings. The lowest BCUT2D eigenvalue weighted by Gasteiger charge is -2.19. The smallest absolute Gasteiger partial charge is 0.287 e. The summed E-state index contributed by atoms with van der Waals surface area (Å²) in [6.45, 7) is 0.424. The molecule has 1 N–H and O–H groups in total. The van der Waals surface area contributed by atoms with Gasteiger partial charge in [-0.05, 0) is 30.2 Å². The number of para-hydroxylation sites is 2. The molecule has 7 nitrogen and oxygen atoms in total. The van der Waals surface area contributed by atoms with Gasteiger partial charge < -0.3 is 14.5 Å². The lowest BCUT2D eigenvalue weighted by Crippen LogP contribution is -2.36. The van der Waals surface area contributed by atoms with Crippen molar-refractivity contribution in [3.05, 3.63) is 59.9 Å². The second-order valence-corrected chi connectivity index (χ2v) is 8.52. The van der Waals surface area contributed by atoms with Gasteiger partial charge in [-0.15, -0.1) is 0 Å². The monoisotopic (exact) mass is 400 g/mol. The number of hydrogen-bond acceptors (Lipinski definition) is 5. The second kappa shape index (κ2) is 7.20. The molecule has 4 rings (SSSR count). The van der Waals surface area contributed by atoms with Crippen LogP contribution in [0.4, 0.5) is 5.69 Å². The number of sulfonamides is 1. The first kappa shape index (κ1) is 18.4. The average molecular weight is 400 g/mol. The summed E-state index contributed by atoms with van der Waals surface area (Å²) in [5.41, 5.74) is 2.22. The predicted octanol–water partition coefficient (Wildman–Crippen LogP) is 2.56. The number of benzene rings is 2. The van der Waals surface area contributed by atoms with Gasteiger partial charge in [-0.3, -0.25) is 9.10 Å². The number of amides is 1. The van der Waals surface area contributed by atoms with Crippen LogP contribution in [0.3, 0.4) is 0 Å². The van der Waals surface area contributed by atoms with Gasteiger partial charge in [0.2, 0.25) is 10.0 Å². The summed E-state index contributed by atoms with van der Waals surface area (Å²) in [5.74, 6) is 0.00176. The fraction of sp³-hybridized carbons (Fsp3) is 0.250. The summed E-state index contributed by atoms with van der Waals surface area (Å²) in [6, 6.07) is 14.4. The number of fused-ring (bicyclic) bond motifs is 2. The Morgan fingerprint density at radius 1 is 1.21 bits per heavy atom. The first-order valence-electron chi connectivity index (χ1n) is 8.92. The van der Waals surface area contributed by atoms with Crippen LogP contribution in [0.25, 0.3) is 11.0 Å². The standard InChI is InChI=1S/C20H20N2O5S/c1-26-17-8-4-6-15-13-18(27-19(15)17)20(23)21-10-12-28(24,25)22-11-9-14-5-2-3-7-16(14)22/h2-8,13H,9-12H2,1H3,(H,21,23). The molecule has 2 heterocycles. The molecular weight excluding hydrogens is 380 g/mol. The summed E-state index contributed by atoms with van der Waals surface area (Å²) in [5, 5.41) is 3.36. The molecule has 1 aliphatic heterocycles. The summed E-state index contributed by atoms with van der Waals surface area (Å²) in [4.78, 5) is 12.4. The molecule has 2 aromatic carbocycles. The van der Waals surface area contributed by atoms with Crippen LogP contribution in [0.5, 0.6) is 5.75 Å². The first-order valence-corrected chi connectivity index (χ1v) is 10.5. The van der Waals surface area contributed by atoms with E-state index in [-0.39, 0.29) is 18.1 Å². The van der Waals surface area contributed by atoms with Crippen LogP contribution < -0.4 is 14.4 Å². The van der Waals surface area contributed by atoms with Crippen LogP contribution in [0, 0.1) is 0 Å². The van der Waals surface area contributed by atoms with Crippen LogP contribution >= 0.6 is 0 Å². The molecule has 0 fully saturated rings. The Kier molecular flexibility index (Phi) is 4.72. The summed E-state index contributed by atoms with van der Waals surface area (Å²) < 4.78 is 37.6. The first-order chi connectivity index (χ1) is 13.5. The number of carbonyl (C=O) groups is 1. The van der Waals surface area contributed by atoms with Crippen LogP contribution in [-0.2, 0) is 16.4 Å². The molecule has 8 heteroatoms. The van der Waals surface area contributed by atoms with E-state index in [9.17, 15) is 13.2 Å². The van der Waals surface area contributed by atoms with E-state index in [0.29, 0.717) is 24.3 Å². The molecule has 146 valence electrons. The van der Waals surface area contributed by atoms with Gasteiger partial charge in [-0.25, -0.2) is 8.42 Å². The highest BCUT2D eigenvalue weighted by Crippen LogP contribution is 2.30. The fourth-order valence-corrected chi connectivity index (χ4v) is 4.82. The summed E-state index contributed by atoms with van der Waals surface area (Å²) in [6.07, 6.45) is 0.697. The zero-order valence-corrected chi connectivity index (χ0v) is 16.2. The molecule has 0 unspecified atom stereocenters. The minimum Gasteiger partial charge on any atom is -0.493 e. The van der Waals surface area contributed by atoms with E-state index in [0.717, 1.165) is 16.6 Å². The minimum atomic E-state index is -3.52. The van der Waals surface area contributed by atoms with E-state index < -0.39 is 15.9 Å². The molecular formula is C20H20N2O5S. The molecule has 0 bridgehead atoms. The number of methoxy groups -OCH3 is 1. The maximum absolute atomic E-state index is 12.7. The van der Waals surface area contributed by atoms with Gasteiger partial charge in [0.05, 0.1) is 18.6 Å². The maximum atomic E-state index is 12.7. The van der Waals surface area contributed by atoms with E-state index in [1.54, 1.807) is 24.3 Å². The number of nitrogens with zero attached hydrogens (tertiary/aromatic N) is 1. The number of nitrogens with one attached hydrogen (secondary N) is 1. The zero-order valence-electron chi connectivity index (χ0n) is 15.3. The Morgan fingerprint density at radius 2 is 2.04 bits per heavy atom. The number of rotatable bonds is 6. The van der Waals surface area contributed by atoms with Gasteiger partial charge in [0.1, 0.15) is 0 Å². The maximum Gasteiger partial charge on any atom is 0.287 e. The van der Waals surface area contributed by atoms with Crippen molar-refractivity contribution in [1.82, 2.24) is 5.32 Å². The van der Waals surface area contributed by atoms with Crippen LogP contribution in [0.15, 0.2) is 52.9 Å². The van der Waals surface area contributed by atoms with Crippen LogP contribution in [-0.4, -0.2) is 40.3 Å². The average Bonchev–Trinajstić information content (AvgIpc) is 3.32. The topological polar surface area (TPSA) is 88.8 Å². The Labute approximate surface area is 162 Å². The number of furan rings is 1. The van der Waals surface area contributed by atoms with Crippen molar-refractivity contribution >= 4 is 32.6 Å². The lowest BCUT2D eigenvalue weighted by molar-refractivity contribution is 0.0930. The highest BCUT2D eigenvalue weighted by molar-refractivity contribution is 7.92. The van der Waals surface area contributed by atoms with Gasteiger partial charge in [0.25, 0.3) is 5.91 Å². The van der Waals surface area contributed by atoms with Crippen molar-refractivity contribution in [2.45, 2.75) is 6.42 Å². The third-order valence-corrected chi connectivity index (χ3v) is 6.55. The largest absolute Gasteiger partial charge is 0.493 e. The van der Waals surface area contributed by atoms with Gasteiger partial charge in [-0.2, -0.15) is 0 Å². The molecule has 0 saturated carbocycles. The van der Waals surface area contributed by atoms with Gasteiger partial charge in [0, 0.05) is 18.5 Å². The number of anilines is 1. The molecule has 0 saturated heterocycles. The van der Waals surface area contributed by atoms with E-state index in [2.05, 4.69) is 5.32 Å². The quantitative estimate of drug-likeness (QED) is 0.687. The third-order valence-electron chi connectivity index (χ3n) is 4.78. The molecule has 1 aromatic heterocycles. The normalized spacial score (nSPS) is 13.5. The fourth-order valence-electron chi connectivity index (χ4n) is 3.40. The SMILES string of the molecule is COc1cccc2cc(C(=O)NCCS(=O)(=O)N3CCc4ccccc43)oc12.